The van der Waals surface area contributed by atoms with Crippen LogP contribution >= 0.6 is 0 Å². The first-order valence-electron chi connectivity index (χ1n) is 5.93. The Kier molecular flexibility index (Phi) is 3.29. The first-order valence-corrected chi connectivity index (χ1v) is 5.93. The van der Waals surface area contributed by atoms with E-state index in [1.54, 1.807) is 6.07 Å². The van der Waals surface area contributed by atoms with Crippen LogP contribution in [0.25, 0.3) is 10.9 Å². The van der Waals surface area contributed by atoms with Crippen LogP contribution in [-0.2, 0) is 6.42 Å². The number of hydrogen-bond acceptors (Lipinski definition) is 2. The summed E-state index contributed by atoms with van der Waals surface area (Å²) in [4.78, 5) is 14.2. The molecule has 3 nitrogen and oxygen atoms in total. The van der Waals surface area contributed by atoms with Crippen LogP contribution in [0, 0.1) is 12.8 Å². The quantitative estimate of drug-likeness (QED) is 0.847. The Morgan fingerprint density at radius 1 is 1.35 bits per heavy atom. The first-order chi connectivity index (χ1) is 8.10. The van der Waals surface area contributed by atoms with Crippen LogP contribution in [0.5, 0.6) is 0 Å². The number of fused-ring (bicyclic) bond motifs is 1. The van der Waals surface area contributed by atoms with Gasteiger partial charge < -0.3 is 10.7 Å². The minimum absolute atomic E-state index is 0.0434. The van der Waals surface area contributed by atoms with Gasteiger partial charge in [0.2, 0.25) is 5.56 Å². The van der Waals surface area contributed by atoms with Crippen molar-refractivity contribution >= 4 is 10.9 Å². The van der Waals surface area contributed by atoms with E-state index in [1.807, 2.05) is 13.0 Å². The van der Waals surface area contributed by atoms with E-state index in [1.165, 1.54) is 5.56 Å². The summed E-state index contributed by atoms with van der Waals surface area (Å²) in [7, 11) is 0. The van der Waals surface area contributed by atoms with Crippen molar-refractivity contribution in [3.8, 4) is 0 Å². The highest BCUT2D eigenvalue weighted by molar-refractivity contribution is 5.82. The molecule has 0 aliphatic rings. The summed E-state index contributed by atoms with van der Waals surface area (Å²) < 4.78 is 0. The highest BCUT2D eigenvalue weighted by Crippen LogP contribution is 2.18. The highest BCUT2D eigenvalue weighted by atomic mass is 16.1. The lowest BCUT2D eigenvalue weighted by atomic mass is 9.99. The summed E-state index contributed by atoms with van der Waals surface area (Å²) in [6.07, 6.45) is 0.977. The van der Waals surface area contributed by atoms with Gasteiger partial charge in [0.1, 0.15) is 0 Å². The van der Waals surface area contributed by atoms with Crippen molar-refractivity contribution in [3.05, 3.63) is 45.7 Å². The molecule has 3 N–H and O–H groups in total. The normalized spacial score (nSPS) is 12.9. The number of hydrogen-bond donors (Lipinski definition) is 2. The third-order valence-corrected chi connectivity index (χ3v) is 3.10. The maximum absolute atomic E-state index is 11.3. The van der Waals surface area contributed by atoms with Crippen molar-refractivity contribution in [2.75, 3.05) is 6.54 Å². The largest absolute Gasteiger partial charge is 0.330 e. The number of rotatable bonds is 3. The van der Waals surface area contributed by atoms with E-state index in [0.29, 0.717) is 12.5 Å². The number of pyridine rings is 1. The number of aryl methyl sites for hydroxylation is 1. The number of aromatic amines is 1. The summed E-state index contributed by atoms with van der Waals surface area (Å²) in [5.41, 5.74) is 8.78. The van der Waals surface area contributed by atoms with Crippen LogP contribution in [0.2, 0.25) is 0 Å². The zero-order chi connectivity index (χ0) is 12.4. The number of nitrogens with one attached hydrogen (secondary N) is 1. The Balaban J connectivity index is 2.47. The maximum atomic E-state index is 11.3. The third kappa shape index (κ3) is 2.56. The van der Waals surface area contributed by atoms with Gasteiger partial charge in [-0.05, 0) is 49.1 Å². The molecule has 1 aromatic carbocycles. The monoisotopic (exact) mass is 230 g/mol. The molecule has 0 saturated carbocycles. The Bertz CT molecular complexity index is 586. The van der Waals surface area contributed by atoms with E-state index in [0.717, 1.165) is 22.9 Å². The van der Waals surface area contributed by atoms with Crippen LogP contribution in [0.4, 0.5) is 0 Å². The minimum atomic E-state index is -0.0434. The van der Waals surface area contributed by atoms with Gasteiger partial charge in [0.05, 0.1) is 0 Å². The Labute approximate surface area is 101 Å². The van der Waals surface area contributed by atoms with E-state index in [-0.39, 0.29) is 5.56 Å². The van der Waals surface area contributed by atoms with Gasteiger partial charge in [0, 0.05) is 17.0 Å². The molecule has 1 aromatic heterocycles. The summed E-state index contributed by atoms with van der Waals surface area (Å²) in [6, 6.07) is 7.82. The van der Waals surface area contributed by atoms with E-state index >= 15 is 0 Å². The molecule has 17 heavy (non-hydrogen) atoms. The lowest BCUT2D eigenvalue weighted by Crippen LogP contribution is -2.13. The number of benzene rings is 1. The fraction of sp³-hybridized carbons (Fsp3) is 0.357. The second kappa shape index (κ2) is 4.72. The fourth-order valence-corrected chi connectivity index (χ4v) is 2.08. The molecule has 0 spiro atoms. The van der Waals surface area contributed by atoms with E-state index < -0.39 is 0 Å². The van der Waals surface area contributed by atoms with Crippen molar-refractivity contribution in [1.29, 1.82) is 0 Å². The molecule has 0 radical (unpaired) electrons. The summed E-state index contributed by atoms with van der Waals surface area (Å²) >= 11 is 0. The molecule has 0 amide bonds. The molecule has 1 atom stereocenters. The van der Waals surface area contributed by atoms with Crippen LogP contribution in [0.3, 0.4) is 0 Å². The van der Waals surface area contributed by atoms with Crippen LogP contribution in [-0.4, -0.2) is 11.5 Å². The van der Waals surface area contributed by atoms with Gasteiger partial charge >= 0.3 is 0 Å². The van der Waals surface area contributed by atoms with Gasteiger partial charge in [-0.2, -0.15) is 0 Å². The van der Waals surface area contributed by atoms with E-state index in [2.05, 4.69) is 24.0 Å². The molecule has 0 bridgehead atoms. The van der Waals surface area contributed by atoms with Crippen molar-refractivity contribution in [3.63, 3.8) is 0 Å². The molecule has 0 fully saturated rings. The predicted molar refractivity (Wildman–Crippen MR) is 71.2 cm³/mol. The maximum Gasteiger partial charge on any atom is 0.248 e. The molecule has 2 rings (SSSR count). The number of aromatic nitrogens is 1. The van der Waals surface area contributed by atoms with Gasteiger partial charge in [-0.3, -0.25) is 4.79 Å². The first kappa shape index (κ1) is 11.9. The third-order valence-electron chi connectivity index (χ3n) is 3.10. The van der Waals surface area contributed by atoms with Crippen LogP contribution in [0.15, 0.2) is 29.1 Å². The average molecular weight is 230 g/mol. The summed E-state index contributed by atoms with van der Waals surface area (Å²) in [5.74, 6) is 0.482. The van der Waals surface area contributed by atoms with Crippen molar-refractivity contribution in [2.45, 2.75) is 20.3 Å². The molecular weight excluding hydrogens is 212 g/mol. The van der Waals surface area contributed by atoms with Crippen LogP contribution in [0.1, 0.15) is 18.1 Å². The zero-order valence-corrected chi connectivity index (χ0v) is 10.3. The second-order valence-electron chi connectivity index (χ2n) is 4.74. The van der Waals surface area contributed by atoms with Crippen LogP contribution < -0.4 is 11.3 Å². The molecule has 3 heteroatoms. The minimum Gasteiger partial charge on any atom is -0.330 e. The standard InChI is InChI=1S/C14H18N2O/c1-9(8-15)5-11-3-4-13-12(7-11)10(2)6-14(17)16-13/h3-4,6-7,9H,5,8,15H2,1-2H3,(H,16,17). The van der Waals surface area contributed by atoms with Gasteiger partial charge in [-0.15, -0.1) is 0 Å². The summed E-state index contributed by atoms with van der Waals surface area (Å²) in [5, 5.41) is 1.12. The van der Waals surface area contributed by atoms with Gasteiger partial charge in [0.25, 0.3) is 0 Å². The Morgan fingerprint density at radius 2 is 2.12 bits per heavy atom. The molecule has 0 aliphatic heterocycles. The van der Waals surface area contributed by atoms with E-state index in [4.69, 9.17) is 5.73 Å². The molecule has 90 valence electrons. The Hall–Kier alpha value is -1.61. The van der Waals surface area contributed by atoms with Crippen molar-refractivity contribution in [2.24, 2.45) is 11.7 Å². The lowest BCUT2D eigenvalue weighted by Gasteiger charge is -2.10. The molecule has 0 saturated heterocycles. The number of nitrogens with two attached hydrogens (primary N) is 1. The Morgan fingerprint density at radius 3 is 2.82 bits per heavy atom. The second-order valence-corrected chi connectivity index (χ2v) is 4.74. The fourth-order valence-electron chi connectivity index (χ4n) is 2.08. The topological polar surface area (TPSA) is 58.9 Å². The van der Waals surface area contributed by atoms with E-state index in [9.17, 15) is 4.79 Å². The van der Waals surface area contributed by atoms with Crippen molar-refractivity contribution in [1.82, 2.24) is 4.98 Å². The molecular formula is C14H18N2O. The van der Waals surface area contributed by atoms with Gasteiger partial charge in [0.15, 0.2) is 0 Å². The molecule has 1 unspecified atom stereocenters. The summed E-state index contributed by atoms with van der Waals surface area (Å²) in [6.45, 7) is 4.81. The highest BCUT2D eigenvalue weighted by Gasteiger charge is 2.04. The van der Waals surface area contributed by atoms with Crippen molar-refractivity contribution < 1.29 is 0 Å². The molecule has 2 aromatic rings. The van der Waals surface area contributed by atoms with Gasteiger partial charge in [-0.25, -0.2) is 0 Å². The van der Waals surface area contributed by atoms with Gasteiger partial charge in [-0.1, -0.05) is 13.0 Å². The molecule has 1 heterocycles. The zero-order valence-electron chi connectivity index (χ0n) is 10.3. The molecule has 0 aliphatic carbocycles. The SMILES string of the molecule is Cc1cc(=O)[nH]c2ccc(CC(C)CN)cc12. The average Bonchev–Trinajstić information content (AvgIpc) is 2.29. The lowest BCUT2D eigenvalue weighted by molar-refractivity contribution is 0.593. The smallest absolute Gasteiger partial charge is 0.248 e. The predicted octanol–water partition coefficient (Wildman–Crippen LogP) is 1.97. The number of H-pyrrole nitrogens is 1.